The number of hydrogen-bond acceptors (Lipinski definition) is 6. The molecule has 1 atom stereocenters. The second-order valence-electron chi connectivity index (χ2n) is 7.66. The first-order chi connectivity index (χ1) is 14.3. The zero-order valence-corrected chi connectivity index (χ0v) is 17.2. The maximum absolute atomic E-state index is 13.0. The number of anilines is 2. The summed E-state index contributed by atoms with van der Waals surface area (Å²) in [7, 11) is 0. The molecule has 1 aliphatic carbocycles. The Balaban J connectivity index is 1.88. The molecule has 0 aliphatic heterocycles. The lowest BCUT2D eigenvalue weighted by atomic mass is 9.82. The lowest BCUT2D eigenvalue weighted by Gasteiger charge is -2.22. The van der Waals surface area contributed by atoms with Crippen molar-refractivity contribution in [2.24, 2.45) is 5.92 Å². The number of carbonyl (C=O) groups is 3. The van der Waals surface area contributed by atoms with Crippen LogP contribution in [-0.2, 0) is 4.79 Å². The van der Waals surface area contributed by atoms with Crippen molar-refractivity contribution in [2.75, 3.05) is 17.6 Å². The number of aromatic hydroxyl groups is 1. The van der Waals surface area contributed by atoms with E-state index in [1.807, 2.05) is 6.92 Å². The van der Waals surface area contributed by atoms with Crippen LogP contribution < -0.4 is 11.1 Å². The molecule has 6 nitrogen and oxygen atoms in total. The fraction of sp³-hybridized carbons (Fsp3) is 0.292. The first-order valence-electron chi connectivity index (χ1n) is 10.0. The Morgan fingerprint density at radius 3 is 2.30 bits per heavy atom. The maximum Gasteiger partial charge on any atom is 0.198 e. The largest absolute Gasteiger partial charge is 0.507 e. The van der Waals surface area contributed by atoms with Crippen molar-refractivity contribution in [3.8, 4) is 5.75 Å². The fourth-order valence-corrected chi connectivity index (χ4v) is 3.93. The lowest BCUT2D eigenvalue weighted by Crippen LogP contribution is -2.24. The third-order valence-electron chi connectivity index (χ3n) is 5.45. The minimum atomic E-state index is -0.425. The van der Waals surface area contributed by atoms with Gasteiger partial charge in [-0.15, -0.1) is 0 Å². The Bertz CT molecular complexity index is 1060. The standard InChI is InChI=1S/C24H26N2O4/c1-4-7-14(22(28)13(2)3)10-11-26-17-12-18(27)19-20(21(17)25)24(30)16-9-6-5-8-15(16)23(19)29/h5-6,8-9,12,14,26-27H,2,4,7,10-11,25H2,1,3H3. The van der Waals surface area contributed by atoms with Gasteiger partial charge in [0.1, 0.15) is 5.75 Å². The smallest absolute Gasteiger partial charge is 0.198 e. The fourth-order valence-electron chi connectivity index (χ4n) is 3.93. The number of benzene rings is 2. The van der Waals surface area contributed by atoms with Crippen molar-refractivity contribution < 1.29 is 19.5 Å². The van der Waals surface area contributed by atoms with Crippen molar-refractivity contribution in [3.63, 3.8) is 0 Å². The third kappa shape index (κ3) is 3.73. The molecule has 0 saturated heterocycles. The molecular formula is C24H26N2O4. The summed E-state index contributed by atoms with van der Waals surface area (Å²) in [6, 6.07) is 7.85. The van der Waals surface area contributed by atoms with Crippen LogP contribution in [0.4, 0.5) is 11.4 Å². The van der Waals surface area contributed by atoms with E-state index in [9.17, 15) is 19.5 Å². The average molecular weight is 406 g/mol. The minimum absolute atomic E-state index is 0.0179. The van der Waals surface area contributed by atoms with E-state index in [2.05, 4.69) is 11.9 Å². The number of fused-ring (bicyclic) bond motifs is 2. The normalized spacial score (nSPS) is 13.4. The summed E-state index contributed by atoms with van der Waals surface area (Å²) in [5.74, 6) is -1.22. The molecule has 4 N–H and O–H groups in total. The molecule has 1 aliphatic rings. The van der Waals surface area contributed by atoms with E-state index in [-0.39, 0.29) is 45.4 Å². The molecule has 30 heavy (non-hydrogen) atoms. The molecule has 0 amide bonds. The van der Waals surface area contributed by atoms with Gasteiger partial charge in [0.05, 0.1) is 22.5 Å². The molecule has 0 heterocycles. The van der Waals surface area contributed by atoms with E-state index in [1.165, 1.54) is 6.07 Å². The number of ketones is 3. The number of allylic oxidation sites excluding steroid dienone is 1. The zero-order valence-electron chi connectivity index (χ0n) is 17.2. The van der Waals surface area contributed by atoms with Crippen LogP contribution >= 0.6 is 0 Å². The van der Waals surface area contributed by atoms with Crippen LogP contribution in [0.25, 0.3) is 0 Å². The Morgan fingerprint density at radius 1 is 1.13 bits per heavy atom. The van der Waals surface area contributed by atoms with Crippen molar-refractivity contribution in [2.45, 2.75) is 33.1 Å². The third-order valence-corrected chi connectivity index (χ3v) is 5.45. The van der Waals surface area contributed by atoms with Crippen molar-refractivity contribution >= 4 is 28.7 Å². The molecule has 0 bridgehead atoms. The van der Waals surface area contributed by atoms with E-state index in [1.54, 1.807) is 31.2 Å². The van der Waals surface area contributed by atoms with Crippen molar-refractivity contribution in [3.05, 3.63) is 64.7 Å². The summed E-state index contributed by atoms with van der Waals surface area (Å²) in [6.07, 6.45) is 2.19. The number of hydrogen-bond donors (Lipinski definition) is 3. The summed E-state index contributed by atoms with van der Waals surface area (Å²) in [6.45, 7) is 7.89. The van der Waals surface area contributed by atoms with E-state index < -0.39 is 11.6 Å². The van der Waals surface area contributed by atoms with Gasteiger partial charge in [-0.2, -0.15) is 0 Å². The van der Waals surface area contributed by atoms with Gasteiger partial charge in [0.15, 0.2) is 17.3 Å². The highest BCUT2D eigenvalue weighted by molar-refractivity contribution is 6.31. The minimum Gasteiger partial charge on any atom is -0.507 e. The molecule has 0 fully saturated rings. The van der Waals surface area contributed by atoms with E-state index in [0.29, 0.717) is 24.2 Å². The Labute approximate surface area is 175 Å². The molecular weight excluding hydrogens is 380 g/mol. The van der Waals surface area contributed by atoms with Gasteiger partial charge in [-0.3, -0.25) is 14.4 Å². The first kappa shape index (κ1) is 21.3. The lowest BCUT2D eigenvalue weighted by molar-refractivity contribution is -0.119. The van der Waals surface area contributed by atoms with Crippen LogP contribution in [0, 0.1) is 5.92 Å². The quantitative estimate of drug-likeness (QED) is 0.295. The van der Waals surface area contributed by atoms with Crippen LogP contribution in [0.3, 0.4) is 0 Å². The number of rotatable bonds is 8. The molecule has 156 valence electrons. The molecule has 0 radical (unpaired) electrons. The Kier molecular flexibility index (Phi) is 6.06. The molecule has 0 saturated carbocycles. The SMILES string of the molecule is C=C(C)C(=O)C(CCC)CCNc1cc(O)c2c(c1N)C(=O)c1ccccc1C2=O. The average Bonchev–Trinajstić information content (AvgIpc) is 2.72. The zero-order chi connectivity index (χ0) is 22.0. The molecule has 0 aromatic heterocycles. The predicted octanol–water partition coefficient (Wildman–Crippen LogP) is 4.11. The van der Waals surface area contributed by atoms with Gasteiger partial charge < -0.3 is 16.2 Å². The second kappa shape index (κ2) is 8.53. The second-order valence-corrected chi connectivity index (χ2v) is 7.66. The topological polar surface area (TPSA) is 109 Å². The molecule has 3 rings (SSSR count). The van der Waals surface area contributed by atoms with Crippen LogP contribution in [0.5, 0.6) is 5.75 Å². The summed E-state index contributed by atoms with van der Waals surface area (Å²) >= 11 is 0. The molecule has 1 unspecified atom stereocenters. The number of Topliss-reactive ketones (excluding diaryl/α,β-unsaturated/α-hetero) is 1. The highest BCUT2D eigenvalue weighted by Crippen LogP contribution is 2.40. The van der Waals surface area contributed by atoms with E-state index >= 15 is 0 Å². The van der Waals surface area contributed by atoms with Gasteiger partial charge in [-0.25, -0.2) is 0 Å². The Morgan fingerprint density at radius 2 is 1.73 bits per heavy atom. The van der Waals surface area contributed by atoms with Crippen LogP contribution in [0.1, 0.15) is 65.0 Å². The number of phenols is 1. The van der Waals surface area contributed by atoms with Crippen molar-refractivity contribution in [1.29, 1.82) is 0 Å². The van der Waals surface area contributed by atoms with Crippen LogP contribution in [0.2, 0.25) is 0 Å². The van der Waals surface area contributed by atoms with Gasteiger partial charge in [0.25, 0.3) is 0 Å². The van der Waals surface area contributed by atoms with E-state index in [0.717, 1.165) is 12.8 Å². The van der Waals surface area contributed by atoms with Gasteiger partial charge in [-0.05, 0) is 25.3 Å². The summed E-state index contributed by atoms with van der Waals surface area (Å²) in [5.41, 5.74) is 7.73. The highest BCUT2D eigenvalue weighted by atomic mass is 16.3. The molecule has 0 spiro atoms. The van der Waals surface area contributed by atoms with Gasteiger partial charge in [-0.1, -0.05) is 44.2 Å². The molecule has 2 aromatic carbocycles. The molecule has 6 heteroatoms. The summed E-state index contributed by atoms with van der Waals surface area (Å²) < 4.78 is 0. The highest BCUT2D eigenvalue weighted by Gasteiger charge is 2.34. The number of carbonyl (C=O) groups excluding carboxylic acids is 3. The first-order valence-corrected chi connectivity index (χ1v) is 10.0. The Hall–Kier alpha value is -3.41. The predicted molar refractivity (Wildman–Crippen MR) is 117 cm³/mol. The van der Waals surface area contributed by atoms with Crippen molar-refractivity contribution in [1.82, 2.24) is 0 Å². The summed E-state index contributed by atoms with van der Waals surface area (Å²) in [5, 5.41) is 13.6. The van der Waals surface area contributed by atoms with Gasteiger partial charge in [0, 0.05) is 29.7 Å². The van der Waals surface area contributed by atoms with Crippen LogP contribution in [-0.4, -0.2) is 29.0 Å². The van der Waals surface area contributed by atoms with Gasteiger partial charge >= 0.3 is 0 Å². The monoisotopic (exact) mass is 406 g/mol. The van der Waals surface area contributed by atoms with Crippen LogP contribution in [0.15, 0.2) is 42.5 Å². The maximum atomic E-state index is 13.0. The molecule has 2 aromatic rings. The number of phenolic OH excluding ortho intramolecular Hbond substituents is 1. The van der Waals surface area contributed by atoms with E-state index in [4.69, 9.17) is 5.73 Å². The number of nitrogens with two attached hydrogens (primary N) is 1. The summed E-state index contributed by atoms with van der Waals surface area (Å²) in [4.78, 5) is 38.1. The number of nitrogen functional groups attached to an aromatic ring is 1. The van der Waals surface area contributed by atoms with Gasteiger partial charge in [0.2, 0.25) is 0 Å². The number of nitrogens with one attached hydrogen (secondary N) is 1.